The summed E-state index contributed by atoms with van der Waals surface area (Å²) in [6.07, 6.45) is 2.57. The van der Waals surface area contributed by atoms with Gasteiger partial charge in [0.05, 0.1) is 9.82 Å². The van der Waals surface area contributed by atoms with Crippen LogP contribution in [0.5, 0.6) is 5.75 Å². The maximum atomic E-state index is 12.5. The van der Waals surface area contributed by atoms with E-state index in [4.69, 9.17) is 4.74 Å². The highest BCUT2D eigenvalue weighted by Gasteiger charge is 2.21. The fourth-order valence-electron chi connectivity index (χ4n) is 2.62. The molecule has 29 heavy (non-hydrogen) atoms. The Morgan fingerprint density at radius 3 is 2.31 bits per heavy atom. The molecular formula is C20H22N2O6S. The fraction of sp³-hybridized carbons (Fsp3) is 0.250. The number of hydrogen-bond acceptors (Lipinski definition) is 6. The SMILES string of the molecule is CCN(CC)S(=O)(=O)c1ccc(/C=C/C(=O)Oc2cc(C)ccc2[N+](=O)[O-])cc1. The van der Waals surface area contributed by atoms with Crippen LogP contribution in [0.15, 0.2) is 53.4 Å². The van der Waals surface area contributed by atoms with Gasteiger partial charge in [0, 0.05) is 25.2 Å². The number of carbonyl (C=O) groups excluding carboxylic acids is 1. The molecule has 0 heterocycles. The molecule has 9 heteroatoms. The monoisotopic (exact) mass is 418 g/mol. The quantitative estimate of drug-likeness (QED) is 0.213. The average molecular weight is 418 g/mol. The topological polar surface area (TPSA) is 107 Å². The summed E-state index contributed by atoms with van der Waals surface area (Å²) in [5.74, 6) is -0.913. The molecule has 0 atom stereocenters. The number of ether oxygens (including phenoxy) is 1. The lowest BCUT2D eigenvalue weighted by molar-refractivity contribution is -0.385. The average Bonchev–Trinajstić information content (AvgIpc) is 2.67. The van der Waals surface area contributed by atoms with Gasteiger partial charge >= 0.3 is 11.7 Å². The van der Waals surface area contributed by atoms with E-state index in [0.717, 1.165) is 6.08 Å². The van der Waals surface area contributed by atoms with Crippen LogP contribution in [0.2, 0.25) is 0 Å². The number of sulfonamides is 1. The molecule has 0 aromatic heterocycles. The van der Waals surface area contributed by atoms with Crippen LogP contribution in [0.4, 0.5) is 5.69 Å². The first kappa shape index (κ1) is 22.3. The summed E-state index contributed by atoms with van der Waals surface area (Å²) >= 11 is 0. The largest absolute Gasteiger partial charge is 0.416 e. The van der Waals surface area contributed by atoms with Crippen molar-refractivity contribution in [3.05, 3.63) is 69.8 Å². The highest BCUT2D eigenvalue weighted by atomic mass is 32.2. The van der Waals surface area contributed by atoms with Gasteiger partial charge in [0.2, 0.25) is 15.8 Å². The van der Waals surface area contributed by atoms with E-state index in [1.807, 2.05) is 0 Å². The van der Waals surface area contributed by atoms with Gasteiger partial charge in [-0.1, -0.05) is 32.0 Å². The van der Waals surface area contributed by atoms with Crippen LogP contribution in [-0.4, -0.2) is 36.7 Å². The first-order valence-corrected chi connectivity index (χ1v) is 10.4. The highest BCUT2D eigenvalue weighted by Crippen LogP contribution is 2.28. The summed E-state index contributed by atoms with van der Waals surface area (Å²) in [6.45, 7) is 6.00. The number of nitrogens with zero attached hydrogens (tertiary/aromatic N) is 2. The van der Waals surface area contributed by atoms with Crippen molar-refractivity contribution in [2.75, 3.05) is 13.1 Å². The minimum absolute atomic E-state index is 0.134. The number of carbonyl (C=O) groups is 1. The van der Waals surface area contributed by atoms with Crippen molar-refractivity contribution < 1.29 is 22.9 Å². The van der Waals surface area contributed by atoms with Crippen LogP contribution in [0.1, 0.15) is 25.0 Å². The Bertz CT molecular complexity index is 1030. The maximum Gasteiger partial charge on any atom is 0.336 e. The van der Waals surface area contributed by atoms with Gasteiger partial charge in [0.15, 0.2) is 0 Å². The zero-order chi connectivity index (χ0) is 21.6. The van der Waals surface area contributed by atoms with Crippen molar-refractivity contribution in [1.82, 2.24) is 4.31 Å². The minimum atomic E-state index is -3.55. The number of hydrogen-bond donors (Lipinski definition) is 0. The normalized spacial score (nSPS) is 11.7. The number of nitro groups is 1. The second kappa shape index (κ2) is 9.44. The van der Waals surface area contributed by atoms with Crippen LogP contribution < -0.4 is 4.74 Å². The molecule has 0 amide bonds. The summed E-state index contributed by atoms with van der Waals surface area (Å²) in [4.78, 5) is 22.6. The standard InChI is InChI=1S/C20H22N2O6S/c1-4-21(5-2)29(26,27)17-10-7-16(8-11-17)9-13-20(23)28-19-14-15(3)6-12-18(19)22(24)25/h6-14H,4-5H2,1-3H3/b13-9+. The van der Waals surface area contributed by atoms with Gasteiger partial charge in [0.25, 0.3) is 0 Å². The van der Waals surface area contributed by atoms with Crippen molar-refractivity contribution in [1.29, 1.82) is 0 Å². The summed E-state index contributed by atoms with van der Waals surface area (Å²) < 4.78 is 31.4. The van der Waals surface area contributed by atoms with Crippen LogP contribution in [0, 0.1) is 17.0 Å². The molecule has 2 rings (SSSR count). The molecule has 2 aromatic carbocycles. The molecule has 0 radical (unpaired) electrons. The van der Waals surface area contributed by atoms with Gasteiger partial charge in [-0.2, -0.15) is 4.31 Å². The third-order valence-corrected chi connectivity index (χ3v) is 6.22. The van der Waals surface area contributed by atoms with Crippen molar-refractivity contribution in [2.45, 2.75) is 25.7 Å². The number of benzene rings is 2. The van der Waals surface area contributed by atoms with Gasteiger partial charge in [-0.05, 0) is 42.3 Å². The summed E-state index contributed by atoms with van der Waals surface area (Å²) in [5, 5.41) is 11.0. The summed E-state index contributed by atoms with van der Waals surface area (Å²) in [7, 11) is -3.55. The van der Waals surface area contributed by atoms with E-state index in [0.29, 0.717) is 24.2 Å². The Morgan fingerprint density at radius 1 is 1.14 bits per heavy atom. The summed E-state index contributed by atoms with van der Waals surface area (Å²) in [6, 6.07) is 10.3. The molecule has 8 nitrogen and oxygen atoms in total. The molecule has 0 saturated heterocycles. The first-order chi connectivity index (χ1) is 13.7. The minimum Gasteiger partial charge on any atom is -0.416 e. The van der Waals surface area contributed by atoms with Crippen molar-refractivity contribution >= 4 is 27.8 Å². The Balaban J connectivity index is 2.14. The molecule has 0 aliphatic rings. The smallest absolute Gasteiger partial charge is 0.336 e. The van der Waals surface area contributed by atoms with Crippen molar-refractivity contribution in [3.63, 3.8) is 0 Å². The Hall–Kier alpha value is -3.04. The predicted molar refractivity (Wildman–Crippen MR) is 109 cm³/mol. The first-order valence-electron chi connectivity index (χ1n) is 8.94. The maximum absolute atomic E-state index is 12.5. The van der Waals surface area contributed by atoms with Crippen LogP contribution in [0.3, 0.4) is 0 Å². The van der Waals surface area contributed by atoms with Crippen molar-refractivity contribution in [3.8, 4) is 5.75 Å². The van der Waals surface area contributed by atoms with Gasteiger partial charge in [-0.25, -0.2) is 13.2 Å². The van der Waals surface area contributed by atoms with E-state index in [-0.39, 0.29) is 16.3 Å². The van der Waals surface area contributed by atoms with Gasteiger partial charge in [-0.3, -0.25) is 10.1 Å². The van der Waals surface area contributed by atoms with E-state index in [9.17, 15) is 23.3 Å². The van der Waals surface area contributed by atoms with Gasteiger partial charge < -0.3 is 4.74 Å². The Morgan fingerprint density at radius 2 is 1.76 bits per heavy atom. The predicted octanol–water partition coefficient (Wildman–Crippen LogP) is 3.55. The second-order valence-electron chi connectivity index (χ2n) is 6.14. The van der Waals surface area contributed by atoms with E-state index in [1.165, 1.54) is 34.6 Å². The van der Waals surface area contributed by atoms with Crippen LogP contribution >= 0.6 is 0 Å². The lowest BCUT2D eigenvalue weighted by atomic mass is 10.2. The molecule has 0 saturated carbocycles. The Kier molecular flexibility index (Phi) is 7.24. The third kappa shape index (κ3) is 5.49. The Labute approximate surface area is 169 Å². The molecule has 154 valence electrons. The number of esters is 1. The number of aryl methyl sites for hydroxylation is 1. The zero-order valence-corrected chi connectivity index (χ0v) is 17.2. The number of rotatable bonds is 8. The van der Waals surface area contributed by atoms with Crippen molar-refractivity contribution in [2.24, 2.45) is 0 Å². The summed E-state index contributed by atoms with van der Waals surface area (Å²) in [5.41, 5.74) is 0.995. The molecule has 0 N–H and O–H groups in total. The molecular weight excluding hydrogens is 396 g/mol. The molecule has 0 aliphatic carbocycles. The van der Waals surface area contributed by atoms with Gasteiger partial charge in [-0.15, -0.1) is 0 Å². The lowest BCUT2D eigenvalue weighted by Crippen LogP contribution is -2.30. The fourth-order valence-corrected chi connectivity index (χ4v) is 4.08. The van der Waals surface area contributed by atoms with Gasteiger partial charge in [0.1, 0.15) is 0 Å². The van der Waals surface area contributed by atoms with E-state index in [1.54, 1.807) is 39.0 Å². The molecule has 0 spiro atoms. The van der Waals surface area contributed by atoms with E-state index < -0.39 is 20.9 Å². The number of nitro benzene ring substituents is 1. The molecule has 0 aliphatic heterocycles. The van der Waals surface area contributed by atoms with E-state index >= 15 is 0 Å². The second-order valence-corrected chi connectivity index (χ2v) is 8.08. The zero-order valence-electron chi connectivity index (χ0n) is 16.4. The third-order valence-electron chi connectivity index (χ3n) is 4.16. The lowest BCUT2D eigenvalue weighted by Gasteiger charge is -2.18. The molecule has 2 aromatic rings. The van der Waals surface area contributed by atoms with Crippen LogP contribution in [0.25, 0.3) is 6.08 Å². The molecule has 0 fully saturated rings. The van der Waals surface area contributed by atoms with E-state index in [2.05, 4.69) is 0 Å². The molecule has 0 unspecified atom stereocenters. The molecule has 0 bridgehead atoms. The van der Waals surface area contributed by atoms with Crippen LogP contribution in [-0.2, 0) is 14.8 Å². The highest BCUT2D eigenvalue weighted by molar-refractivity contribution is 7.89.